The van der Waals surface area contributed by atoms with Crippen LogP contribution in [0.5, 0.6) is 0 Å². The third-order valence-electron chi connectivity index (χ3n) is 2.67. The molecule has 0 unspecified atom stereocenters. The van der Waals surface area contributed by atoms with Crippen molar-refractivity contribution in [2.45, 2.75) is 18.2 Å². The highest BCUT2D eigenvalue weighted by Crippen LogP contribution is 2.27. The van der Waals surface area contributed by atoms with Crippen molar-refractivity contribution in [2.24, 2.45) is 0 Å². The Hall–Kier alpha value is -2.13. The van der Waals surface area contributed by atoms with E-state index in [4.69, 9.17) is 11.6 Å². The minimum atomic E-state index is -3.97. The molecule has 0 spiro atoms. The molecule has 2 aromatic rings. The molecule has 2 N–H and O–H groups in total. The van der Waals surface area contributed by atoms with Crippen LogP contribution >= 0.6 is 11.6 Å². The minimum absolute atomic E-state index is 0.126. The van der Waals surface area contributed by atoms with Gasteiger partial charge >= 0.3 is 0 Å². The summed E-state index contributed by atoms with van der Waals surface area (Å²) in [5.74, 6) is 0.126. The van der Waals surface area contributed by atoms with Crippen molar-refractivity contribution in [3.63, 3.8) is 0 Å². The summed E-state index contributed by atoms with van der Waals surface area (Å²) in [5.41, 5.74) is 0.481. The molecule has 0 aliphatic carbocycles. The van der Waals surface area contributed by atoms with Gasteiger partial charge in [-0.2, -0.15) is 5.10 Å². The van der Waals surface area contributed by atoms with Crippen molar-refractivity contribution in [3.05, 3.63) is 45.1 Å². The molecule has 1 aromatic heterocycles. The highest BCUT2D eigenvalue weighted by molar-refractivity contribution is 7.92. The molecule has 2 rings (SSSR count). The molecule has 0 aliphatic rings. The van der Waals surface area contributed by atoms with Crippen molar-refractivity contribution < 1.29 is 13.3 Å². The molecule has 112 valence electrons. The number of nitrogens with zero attached hydrogens (tertiary/aromatic N) is 2. The Bertz CT molecular complexity index is 787. The largest absolute Gasteiger partial charge is 0.280 e. The molecule has 1 aromatic carbocycles. The topological polar surface area (TPSA) is 118 Å². The summed E-state index contributed by atoms with van der Waals surface area (Å²) < 4.78 is 26.6. The van der Waals surface area contributed by atoms with Crippen molar-refractivity contribution in [1.29, 1.82) is 0 Å². The Morgan fingerprint density at radius 2 is 2.14 bits per heavy atom. The number of nitrogens with one attached hydrogen (secondary N) is 2. The van der Waals surface area contributed by atoms with E-state index >= 15 is 0 Å². The third-order valence-corrected chi connectivity index (χ3v) is 4.50. The number of hydrogen-bond acceptors (Lipinski definition) is 5. The molecule has 1 heterocycles. The number of aromatic nitrogens is 2. The van der Waals surface area contributed by atoms with Gasteiger partial charge in [0, 0.05) is 23.9 Å². The molecule has 0 atom stereocenters. The SMILES string of the molecule is CCc1cc(NS(=O)(=O)c2ccc([N+](=O)[O-])cc2Cl)n[nH]1. The van der Waals surface area contributed by atoms with Crippen LogP contribution in [0.25, 0.3) is 0 Å². The second-order valence-electron chi connectivity index (χ2n) is 4.11. The number of aromatic amines is 1. The van der Waals surface area contributed by atoms with E-state index in [0.717, 1.165) is 23.9 Å². The number of rotatable bonds is 5. The zero-order chi connectivity index (χ0) is 15.6. The maximum absolute atomic E-state index is 12.2. The maximum atomic E-state index is 12.2. The first-order valence-electron chi connectivity index (χ1n) is 5.84. The van der Waals surface area contributed by atoms with Gasteiger partial charge in [0.1, 0.15) is 4.90 Å². The standard InChI is InChI=1S/C11H11ClN4O4S/c1-2-7-5-11(14-13-7)15-21(19,20)10-4-3-8(16(17)18)6-9(10)12/h3-6H,2H2,1H3,(H2,13,14,15). The number of aryl methyl sites for hydroxylation is 1. The number of nitro groups is 1. The minimum Gasteiger partial charge on any atom is -0.280 e. The smallest absolute Gasteiger partial charge is 0.271 e. The number of benzene rings is 1. The van der Waals surface area contributed by atoms with Crippen molar-refractivity contribution >= 4 is 33.1 Å². The predicted molar refractivity (Wildman–Crippen MR) is 76.9 cm³/mol. The molecular weight excluding hydrogens is 320 g/mol. The normalized spacial score (nSPS) is 11.3. The molecule has 0 bridgehead atoms. The third kappa shape index (κ3) is 3.31. The van der Waals surface area contributed by atoms with Crippen LogP contribution in [-0.4, -0.2) is 23.5 Å². The van der Waals surface area contributed by atoms with Crippen LogP contribution in [0.1, 0.15) is 12.6 Å². The average molecular weight is 331 g/mol. The number of H-pyrrole nitrogens is 1. The van der Waals surface area contributed by atoms with E-state index in [1.807, 2.05) is 6.92 Å². The fraction of sp³-hybridized carbons (Fsp3) is 0.182. The number of sulfonamides is 1. The Balaban J connectivity index is 2.33. The zero-order valence-corrected chi connectivity index (χ0v) is 12.4. The number of hydrogen-bond donors (Lipinski definition) is 2. The summed E-state index contributed by atoms with van der Waals surface area (Å²) in [5, 5.41) is 16.9. The second-order valence-corrected chi connectivity index (χ2v) is 6.17. The highest BCUT2D eigenvalue weighted by atomic mass is 35.5. The number of halogens is 1. The fourth-order valence-corrected chi connectivity index (χ4v) is 3.14. The van der Waals surface area contributed by atoms with Gasteiger partial charge in [0.2, 0.25) is 0 Å². The molecule has 0 saturated carbocycles. The van der Waals surface area contributed by atoms with Gasteiger partial charge in [0.05, 0.1) is 9.95 Å². The van der Waals surface area contributed by atoms with Crippen LogP contribution in [0.2, 0.25) is 5.02 Å². The van der Waals surface area contributed by atoms with Crippen LogP contribution in [0.4, 0.5) is 11.5 Å². The average Bonchev–Trinajstić information content (AvgIpc) is 2.85. The molecule has 0 fully saturated rings. The zero-order valence-electron chi connectivity index (χ0n) is 10.8. The number of nitro benzene ring substituents is 1. The van der Waals surface area contributed by atoms with E-state index in [1.54, 1.807) is 6.07 Å². The van der Waals surface area contributed by atoms with E-state index in [-0.39, 0.29) is 21.4 Å². The van der Waals surface area contributed by atoms with E-state index < -0.39 is 14.9 Å². The van der Waals surface area contributed by atoms with Crippen LogP contribution in [0.15, 0.2) is 29.2 Å². The molecule has 10 heteroatoms. The lowest BCUT2D eigenvalue weighted by Gasteiger charge is -2.06. The molecule has 8 nitrogen and oxygen atoms in total. The van der Waals surface area contributed by atoms with Gasteiger partial charge in [-0.3, -0.25) is 19.9 Å². The van der Waals surface area contributed by atoms with Gasteiger partial charge in [-0.1, -0.05) is 18.5 Å². The fourth-order valence-electron chi connectivity index (χ4n) is 1.61. The van der Waals surface area contributed by atoms with Crippen LogP contribution in [0.3, 0.4) is 0 Å². The van der Waals surface area contributed by atoms with E-state index in [2.05, 4.69) is 14.9 Å². The monoisotopic (exact) mass is 330 g/mol. The van der Waals surface area contributed by atoms with Crippen LogP contribution in [-0.2, 0) is 16.4 Å². The predicted octanol–water partition coefficient (Wildman–Crippen LogP) is 2.33. The summed E-state index contributed by atoms with van der Waals surface area (Å²) in [4.78, 5) is 9.70. The van der Waals surface area contributed by atoms with Crippen molar-refractivity contribution in [3.8, 4) is 0 Å². The quantitative estimate of drug-likeness (QED) is 0.644. The highest BCUT2D eigenvalue weighted by Gasteiger charge is 2.21. The van der Waals surface area contributed by atoms with Crippen LogP contribution < -0.4 is 4.72 Å². The Kier molecular flexibility index (Phi) is 4.14. The summed E-state index contributed by atoms with van der Waals surface area (Å²) in [6, 6.07) is 4.69. The summed E-state index contributed by atoms with van der Waals surface area (Å²) in [7, 11) is -3.97. The molecular formula is C11H11ClN4O4S. The first-order chi connectivity index (χ1) is 9.83. The summed E-state index contributed by atoms with van der Waals surface area (Å²) in [6.45, 7) is 1.89. The molecule has 21 heavy (non-hydrogen) atoms. The number of non-ortho nitro benzene ring substituents is 1. The van der Waals surface area contributed by atoms with E-state index in [9.17, 15) is 18.5 Å². The first kappa shape index (κ1) is 15.3. The second kappa shape index (κ2) is 5.70. The van der Waals surface area contributed by atoms with Crippen LogP contribution in [0, 0.1) is 10.1 Å². The van der Waals surface area contributed by atoms with Gasteiger partial charge in [0.25, 0.3) is 15.7 Å². The lowest BCUT2D eigenvalue weighted by atomic mass is 10.3. The molecule has 0 saturated heterocycles. The lowest BCUT2D eigenvalue weighted by molar-refractivity contribution is -0.384. The van der Waals surface area contributed by atoms with Gasteiger partial charge < -0.3 is 0 Å². The summed E-state index contributed by atoms with van der Waals surface area (Å²) in [6.07, 6.45) is 0.674. The Labute approximate surface area is 125 Å². The Morgan fingerprint density at radius 1 is 1.43 bits per heavy atom. The van der Waals surface area contributed by atoms with Gasteiger partial charge in [-0.25, -0.2) is 8.42 Å². The van der Waals surface area contributed by atoms with E-state index in [1.165, 1.54) is 0 Å². The van der Waals surface area contributed by atoms with Gasteiger partial charge in [0.15, 0.2) is 5.82 Å². The van der Waals surface area contributed by atoms with E-state index in [0.29, 0.717) is 6.42 Å². The first-order valence-corrected chi connectivity index (χ1v) is 7.70. The van der Waals surface area contributed by atoms with Gasteiger partial charge in [-0.05, 0) is 12.5 Å². The van der Waals surface area contributed by atoms with Crippen molar-refractivity contribution in [1.82, 2.24) is 10.2 Å². The lowest BCUT2D eigenvalue weighted by Crippen LogP contribution is -2.13. The number of anilines is 1. The molecule has 0 radical (unpaired) electrons. The Morgan fingerprint density at radius 3 is 2.67 bits per heavy atom. The molecule has 0 aliphatic heterocycles. The summed E-state index contributed by atoms with van der Waals surface area (Å²) >= 11 is 5.80. The maximum Gasteiger partial charge on any atom is 0.271 e. The van der Waals surface area contributed by atoms with Crippen molar-refractivity contribution in [2.75, 3.05) is 4.72 Å². The van der Waals surface area contributed by atoms with Gasteiger partial charge in [-0.15, -0.1) is 0 Å². The molecule has 0 amide bonds.